The summed E-state index contributed by atoms with van der Waals surface area (Å²) in [5.74, 6) is 0. The fourth-order valence-electron chi connectivity index (χ4n) is 0.799. The zero-order valence-electron chi connectivity index (χ0n) is 6.87. The molecule has 1 aromatic carbocycles. The standard InChI is InChI=1S/C10H9NS/c1-8(2)12-10-5-3-9(7-11)4-6-10/h3-6H,1H2,2H3. The number of thioether (sulfide) groups is 1. The molecule has 0 saturated heterocycles. The van der Waals surface area contributed by atoms with Crippen molar-refractivity contribution in [1.82, 2.24) is 0 Å². The van der Waals surface area contributed by atoms with E-state index < -0.39 is 0 Å². The maximum atomic E-state index is 8.54. The monoisotopic (exact) mass is 175 g/mol. The molecule has 0 spiro atoms. The molecule has 0 atom stereocenters. The van der Waals surface area contributed by atoms with Crippen LogP contribution in [0.2, 0.25) is 0 Å². The second-order valence-corrected chi connectivity index (χ2v) is 3.81. The maximum Gasteiger partial charge on any atom is 0.0991 e. The molecular formula is C10H9NS. The van der Waals surface area contributed by atoms with E-state index in [1.807, 2.05) is 31.2 Å². The zero-order valence-corrected chi connectivity index (χ0v) is 7.69. The molecule has 0 saturated carbocycles. The van der Waals surface area contributed by atoms with Crippen LogP contribution in [0.25, 0.3) is 0 Å². The highest BCUT2D eigenvalue weighted by Gasteiger charge is 1.93. The molecule has 60 valence electrons. The van der Waals surface area contributed by atoms with Crippen LogP contribution in [0.15, 0.2) is 40.6 Å². The van der Waals surface area contributed by atoms with Crippen LogP contribution in [0.1, 0.15) is 12.5 Å². The Balaban J connectivity index is 2.80. The maximum absolute atomic E-state index is 8.54. The first-order valence-electron chi connectivity index (χ1n) is 3.56. The first kappa shape index (κ1) is 8.89. The van der Waals surface area contributed by atoms with E-state index in [-0.39, 0.29) is 0 Å². The quantitative estimate of drug-likeness (QED) is 0.644. The molecule has 0 amide bonds. The number of hydrogen-bond acceptors (Lipinski definition) is 2. The van der Waals surface area contributed by atoms with Crippen LogP contribution in [0, 0.1) is 11.3 Å². The van der Waals surface area contributed by atoms with Crippen molar-refractivity contribution >= 4 is 11.8 Å². The van der Waals surface area contributed by atoms with Gasteiger partial charge in [0.05, 0.1) is 11.6 Å². The van der Waals surface area contributed by atoms with Gasteiger partial charge in [0, 0.05) is 4.90 Å². The minimum Gasteiger partial charge on any atom is -0.192 e. The van der Waals surface area contributed by atoms with Crippen LogP contribution >= 0.6 is 11.8 Å². The average Bonchev–Trinajstić information content (AvgIpc) is 2.05. The van der Waals surface area contributed by atoms with Gasteiger partial charge in [-0.25, -0.2) is 0 Å². The molecule has 0 unspecified atom stereocenters. The summed E-state index contributed by atoms with van der Waals surface area (Å²) in [7, 11) is 0. The molecule has 0 N–H and O–H groups in total. The summed E-state index contributed by atoms with van der Waals surface area (Å²) < 4.78 is 0. The minimum absolute atomic E-state index is 0.695. The summed E-state index contributed by atoms with van der Waals surface area (Å²) in [5.41, 5.74) is 0.695. The molecule has 0 fully saturated rings. The van der Waals surface area contributed by atoms with Gasteiger partial charge in [-0.1, -0.05) is 18.3 Å². The Hall–Kier alpha value is -1.20. The lowest BCUT2D eigenvalue weighted by molar-refractivity contribution is 1.41. The third-order valence-electron chi connectivity index (χ3n) is 1.28. The predicted octanol–water partition coefficient (Wildman–Crippen LogP) is 3.18. The Morgan fingerprint density at radius 3 is 2.42 bits per heavy atom. The number of nitriles is 1. The van der Waals surface area contributed by atoms with Gasteiger partial charge in [-0.3, -0.25) is 0 Å². The van der Waals surface area contributed by atoms with E-state index in [1.165, 1.54) is 0 Å². The van der Waals surface area contributed by atoms with Crippen LogP contribution in [-0.4, -0.2) is 0 Å². The number of hydrogen-bond donors (Lipinski definition) is 0. The molecule has 0 aliphatic rings. The van der Waals surface area contributed by atoms with E-state index >= 15 is 0 Å². The van der Waals surface area contributed by atoms with Gasteiger partial charge in [0.1, 0.15) is 0 Å². The molecule has 0 radical (unpaired) electrons. The fraction of sp³-hybridized carbons (Fsp3) is 0.100. The summed E-state index contributed by atoms with van der Waals surface area (Å²) in [6, 6.07) is 9.55. The second kappa shape index (κ2) is 3.99. The van der Waals surface area contributed by atoms with E-state index in [0.717, 1.165) is 9.80 Å². The van der Waals surface area contributed by atoms with Crippen molar-refractivity contribution in [3.63, 3.8) is 0 Å². The van der Waals surface area contributed by atoms with E-state index in [9.17, 15) is 0 Å². The molecule has 1 rings (SSSR count). The summed E-state index contributed by atoms with van der Waals surface area (Å²) in [4.78, 5) is 2.18. The SMILES string of the molecule is C=C(C)Sc1ccc(C#N)cc1. The van der Waals surface area contributed by atoms with Gasteiger partial charge in [0.25, 0.3) is 0 Å². The van der Waals surface area contributed by atoms with Crippen LogP contribution in [0.3, 0.4) is 0 Å². The van der Waals surface area contributed by atoms with Gasteiger partial charge in [0.2, 0.25) is 0 Å². The number of benzene rings is 1. The van der Waals surface area contributed by atoms with Gasteiger partial charge in [-0.2, -0.15) is 5.26 Å². The van der Waals surface area contributed by atoms with E-state index in [2.05, 4.69) is 12.6 Å². The van der Waals surface area contributed by atoms with Crippen molar-refractivity contribution in [3.8, 4) is 6.07 Å². The third kappa shape index (κ3) is 2.44. The Kier molecular flexibility index (Phi) is 2.95. The molecule has 1 aromatic rings. The largest absolute Gasteiger partial charge is 0.192 e. The smallest absolute Gasteiger partial charge is 0.0991 e. The molecule has 2 heteroatoms. The Morgan fingerprint density at radius 1 is 1.42 bits per heavy atom. The lowest BCUT2D eigenvalue weighted by atomic mass is 10.2. The lowest BCUT2D eigenvalue weighted by Gasteiger charge is -1.98. The highest BCUT2D eigenvalue weighted by atomic mass is 32.2. The lowest BCUT2D eigenvalue weighted by Crippen LogP contribution is -1.74. The summed E-state index contributed by atoms with van der Waals surface area (Å²) in [6.45, 7) is 5.75. The van der Waals surface area contributed by atoms with Crippen molar-refractivity contribution in [2.45, 2.75) is 11.8 Å². The van der Waals surface area contributed by atoms with Crippen LogP contribution in [-0.2, 0) is 0 Å². The summed E-state index contributed by atoms with van der Waals surface area (Å²) in [5, 5.41) is 8.54. The molecule has 0 aliphatic heterocycles. The molecule has 0 aliphatic carbocycles. The van der Waals surface area contributed by atoms with Crippen LogP contribution in [0.4, 0.5) is 0 Å². The van der Waals surface area contributed by atoms with Crippen molar-refractivity contribution in [2.24, 2.45) is 0 Å². The van der Waals surface area contributed by atoms with Gasteiger partial charge >= 0.3 is 0 Å². The predicted molar refractivity (Wildman–Crippen MR) is 51.8 cm³/mol. The van der Waals surface area contributed by atoms with Crippen LogP contribution < -0.4 is 0 Å². The highest BCUT2D eigenvalue weighted by Crippen LogP contribution is 2.24. The van der Waals surface area contributed by atoms with Gasteiger partial charge in [0.15, 0.2) is 0 Å². The molecule has 0 heterocycles. The normalized spacial score (nSPS) is 9.00. The zero-order chi connectivity index (χ0) is 8.97. The van der Waals surface area contributed by atoms with Gasteiger partial charge < -0.3 is 0 Å². The minimum atomic E-state index is 0.695. The van der Waals surface area contributed by atoms with Crippen LogP contribution in [0.5, 0.6) is 0 Å². The average molecular weight is 175 g/mol. The van der Waals surface area contributed by atoms with Crippen molar-refractivity contribution in [2.75, 3.05) is 0 Å². The summed E-state index contributed by atoms with van der Waals surface area (Å²) in [6.07, 6.45) is 0. The fourth-order valence-corrected chi connectivity index (χ4v) is 1.47. The van der Waals surface area contributed by atoms with E-state index in [4.69, 9.17) is 5.26 Å². The van der Waals surface area contributed by atoms with Gasteiger partial charge in [-0.15, -0.1) is 0 Å². The molecule has 0 aromatic heterocycles. The first-order chi connectivity index (χ1) is 5.72. The topological polar surface area (TPSA) is 23.8 Å². The Morgan fingerprint density at radius 2 is 2.00 bits per heavy atom. The van der Waals surface area contributed by atoms with E-state index in [1.54, 1.807) is 11.8 Å². The second-order valence-electron chi connectivity index (χ2n) is 2.44. The number of nitrogens with zero attached hydrogens (tertiary/aromatic N) is 1. The molecular weight excluding hydrogens is 166 g/mol. The molecule has 0 bridgehead atoms. The number of allylic oxidation sites excluding steroid dienone is 1. The van der Waals surface area contributed by atoms with Crippen molar-refractivity contribution in [1.29, 1.82) is 5.26 Å². The molecule has 1 nitrogen and oxygen atoms in total. The highest BCUT2D eigenvalue weighted by molar-refractivity contribution is 8.03. The van der Waals surface area contributed by atoms with E-state index in [0.29, 0.717) is 5.56 Å². The Bertz CT molecular complexity index is 319. The van der Waals surface area contributed by atoms with Crippen molar-refractivity contribution in [3.05, 3.63) is 41.3 Å². The van der Waals surface area contributed by atoms with Gasteiger partial charge in [-0.05, 0) is 36.1 Å². The third-order valence-corrected chi connectivity index (χ3v) is 2.13. The first-order valence-corrected chi connectivity index (χ1v) is 4.37. The molecule has 12 heavy (non-hydrogen) atoms. The summed E-state index contributed by atoms with van der Waals surface area (Å²) >= 11 is 1.61. The Labute approximate surface area is 76.7 Å². The number of rotatable bonds is 2. The van der Waals surface area contributed by atoms with Crippen molar-refractivity contribution < 1.29 is 0 Å².